The summed E-state index contributed by atoms with van der Waals surface area (Å²) in [5.74, 6) is 7.76. The molecule has 14 heavy (non-hydrogen) atoms. The van der Waals surface area contributed by atoms with Crippen molar-refractivity contribution in [1.82, 2.24) is 0 Å². The summed E-state index contributed by atoms with van der Waals surface area (Å²) >= 11 is 0. The third kappa shape index (κ3) is 7.92. The van der Waals surface area contributed by atoms with E-state index in [1.54, 1.807) is 0 Å². The van der Waals surface area contributed by atoms with Crippen LogP contribution in [0.4, 0.5) is 0 Å². The fraction of sp³-hybridized carbons (Fsp3) is 0.714. The lowest BCUT2D eigenvalue weighted by molar-refractivity contribution is 0.510. The SMILES string of the molecule is CCC(C)=CC#CC(C)CCC(C)C. The highest BCUT2D eigenvalue weighted by Gasteiger charge is 1.98. The Morgan fingerprint density at radius 3 is 2.36 bits per heavy atom. The topological polar surface area (TPSA) is 0 Å². The highest BCUT2D eigenvalue weighted by Crippen LogP contribution is 2.10. The largest absolute Gasteiger partial charge is 0.0954 e. The first-order valence-corrected chi connectivity index (χ1v) is 5.73. The summed E-state index contributed by atoms with van der Waals surface area (Å²) in [6.07, 6.45) is 5.66. The van der Waals surface area contributed by atoms with Gasteiger partial charge in [0.1, 0.15) is 0 Å². The van der Waals surface area contributed by atoms with Gasteiger partial charge in [-0.15, -0.1) is 0 Å². The third-order valence-corrected chi connectivity index (χ3v) is 2.38. The van der Waals surface area contributed by atoms with Crippen molar-refractivity contribution in [3.63, 3.8) is 0 Å². The number of hydrogen-bond acceptors (Lipinski definition) is 0. The lowest BCUT2D eigenvalue weighted by Crippen LogP contribution is -1.94. The molecule has 0 rings (SSSR count). The Morgan fingerprint density at radius 2 is 1.86 bits per heavy atom. The van der Waals surface area contributed by atoms with Gasteiger partial charge in [-0.2, -0.15) is 0 Å². The minimum absolute atomic E-state index is 0.540. The Morgan fingerprint density at radius 1 is 1.21 bits per heavy atom. The van der Waals surface area contributed by atoms with Gasteiger partial charge in [0, 0.05) is 5.92 Å². The highest BCUT2D eigenvalue weighted by molar-refractivity contribution is 5.20. The number of allylic oxidation sites excluding steroid dienone is 2. The first-order chi connectivity index (χ1) is 6.56. The molecular formula is C14H24. The second kappa shape index (κ2) is 7.68. The standard InChI is InChI=1S/C14H24/c1-6-13(4)8-7-9-14(5)11-10-12(2)3/h8,12,14H,6,10-11H2,1-5H3. The van der Waals surface area contributed by atoms with Crippen LogP contribution in [-0.2, 0) is 0 Å². The van der Waals surface area contributed by atoms with E-state index in [0.29, 0.717) is 5.92 Å². The van der Waals surface area contributed by atoms with Crippen molar-refractivity contribution in [2.45, 2.75) is 53.9 Å². The lowest BCUT2D eigenvalue weighted by atomic mass is 10.00. The van der Waals surface area contributed by atoms with E-state index < -0.39 is 0 Å². The molecule has 1 atom stereocenters. The Balaban J connectivity index is 3.86. The van der Waals surface area contributed by atoms with Crippen molar-refractivity contribution in [3.8, 4) is 11.8 Å². The maximum absolute atomic E-state index is 3.28. The lowest BCUT2D eigenvalue weighted by Gasteiger charge is -2.05. The van der Waals surface area contributed by atoms with Gasteiger partial charge in [-0.05, 0) is 38.2 Å². The molecule has 1 unspecified atom stereocenters. The monoisotopic (exact) mass is 192 g/mol. The van der Waals surface area contributed by atoms with E-state index in [-0.39, 0.29) is 0 Å². The molecule has 0 heterocycles. The molecule has 0 bridgehead atoms. The summed E-state index contributed by atoms with van der Waals surface area (Å²) < 4.78 is 0. The zero-order valence-corrected chi connectivity index (χ0v) is 10.4. The molecule has 0 aliphatic rings. The van der Waals surface area contributed by atoms with Gasteiger partial charge in [0.2, 0.25) is 0 Å². The molecule has 80 valence electrons. The number of hydrogen-bond donors (Lipinski definition) is 0. The quantitative estimate of drug-likeness (QED) is 0.578. The maximum atomic E-state index is 3.28. The molecule has 0 aromatic rings. The maximum Gasteiger partial charge on any atom is 0.0178 e. The second-order valence-corrected chi connectivity index (χ2v) is 4.51. The molecule has 0 radical (unpaired) electrons. The molecule has 0 amide bonds. The van der Waals surface area contributed by atoms with Gasteiger partial charge >= 0.3 is 0 Å². The number of rotatable bonds is 4. The zero-order chi connectivity index (χ0) is 11.0. The average molecular weight is 192 g/mol. The van der Waals surface area contributed by atoms with Crippen molar-refractivity contribution in [2.75, 3.05) is 0 Å². The van der Waals surface area contributed by atoms with E-state index in [0.717, 1.165) is 12.3 Å². The molecule has 0 nitrogen and oxygen atoms in total. The molecule has 0 saturated carbocycles. The van der Waals surface area contributed by atoms with Crippen LogP contribution in [0.15, 0.2) is 11.6 Å². The van der Waals surface area contributed by atoms with Gasteiger partial charge in [-0.25, -0.2) is 0 Å². The Bertz CT molecular complexity index is 222. The van der Waals surface area contributed by atoms with E-state index in [1.807, 2.05) is 6.08 Å². The molecule has 0 spiro atoms. The van der Waals surface area contributed by atoms with E-state index in [2.05, 4.69) is 46.5 Å². The van der Waals surface area contributed by atoms with Crippen molar-refractivity contribution < 1.29 is 0 Å². The molecule has 0 N–H and O–H groups in total. The van der Waals surface area contributed by atoms with Crippen molar-refractivity contribution in [1.29, 1.82) is 0 Å². The first kappa shape index (κ1) is 13.3. The van der Waals surface area contributed by atoms with Gasteiger partial charge in [0.05, 0.1) is 0 Å². The Labute approximate surface area is 89.8 Å². The molecule has 0 heteroatoms. The molecule has 0 aromatic carbocycles. The van der Waals surface area contributed by atoms with Crippen LogP contribution in [0.5, 0.6) is 0 Å². The van der Waals surface area contributed by atoms with E-state index in [1.165, 1.54) is 18.4 Å². The van der Waals surface area contributed by atoms with Gasteiger partial charge in [-0.3, -0.25) is 0 Å². The molecule has 0 aromatic heterocycles. The molecule has 0 aliphatic heterocycles. The Hall–Kier alpha value is -0.700. The Kier molecular flexibility index (Phi) is 7.30. The summed E-state index contributed by atoms with van der Waals surface area (Å²) in [4.78, 5) is 0. The molecular weight excluding hydrogens is 168 g/mol. The van der Waals surface area contributed by atoms with Crippen LogP contribution in [0.3, 0.4) is 0 Å². The van der Waals surface area contributed by atoms with Crippen LogP contribution in [-0.4, -0.2) is 0 Å². The summed E-state index contributed by atoms with van der Waals surface area (Å²) in [7, 11) is 0. The average Bonchev–Trinajstić information content (AvgIpc) is 2.14. The van der Waals surface area contributed by atoms with Crippen molar-refractivity contribution in [3.05, 3.63) is 11.6 Å². The summed E-state index contributed by atoms with van der Waals surface area (Å²) in [6, 6.07) is 0. The molecule has 0 fully saturated rings. The van der Waals surface area contributed by atoms with Crippen LogP contribution in [0.25, 0.3) is 0 Å². The minimum atomic E-state index is 0.540. The molecule has 0 aliphatic carbocycles. The summed E-state index contributed by atoms with van der Waals surface area (Å²) in [5.41, 5.74) is 1.37. The van der Waals surface area contributed by atoms with Crippen LogP contribution in [0, 0.1) is 23.7 Å². The van der Waals surface area contributed by atoms with E-state index in [9.17, 15) is 0 Å². The normalized spacial score (nSPS) is 13.7. The van der Waals surface area contributed by atoms with E-state index in [4.69, 9.17) is 0 Å². The van der Waals surface area contributed by atoms with E-state index >= 15 is 0 Å². The van der Waals surface area contributed by atoms with Gasteiger partial charge in [-0.1, -0.05) is 45.1 Å². The van der Waals surface area contributed by atoms with Crippen LogP contribution >= 0.6 is 0 Å². The van der Waals surface area contributed by atoms with Crippen LogP contribution in [0.2, 0.25) is 0 Å². The third-order valence-electron chi connectivity index (χ3n) is 2.38. The van der Waals surface area contributed by atoms with Crippen LogP contribution in [0.1, 0.15) is 53.9 Å². The van der Waals surface area contributed by atoms with Gasteiger partial charge in [0.25, 0.3) is 0 Å². The highest BCUT2D eigenvalue weighted by atomic mass is 14.0. The smallest absolute Gasteiger partial charge is 0.0178 e. The van der Waals surface area contributed by atoms with Crippen molar-refractivity contribution in [2.24, 2.45) is 11.8 Å². The predicted octanol–water partition coefficient (Wildman–Crippen LogP) is 4.42. The first-order valence-electron chi connectivity index (χ1n) is 5.73. The summed E-state index contributed by atoms with van der Waals surface area (Å²) in [5, 5.41) is 0. The fourth-order valence-corrected chi connectivity index (χ4v) is 1.06. The second-order valence-electron chi connectivity index (χ2n) is 4.51. The van der Waals surface area contributed by atoms with Gasteiger partial charge < -0.3 is 0 Å². The van der Waals surface area contributed by atoms with Crippen molar-refractivity contribution >= 4 is 0 Å². The zero-order valence-electron chi connectivity index (χ0n) is 10.4. The summed E-state index contributed by atoms with van der Waals surface area (Å²) in [6.45, 7) is 11.0. The molecule has 0 saturated heterocycles. The van der Waals surface area contributed by atoms with Crippen LogP contribution < -0.4 is 0 Å². The predicted molar refractivity (Wildman–Crippen MR) is 65.1 cm³/mol. The van der Waals surface area contributed by atoms with Gasteiger partial charge in [0.15, 0.2) is 0 Å². The minimum Gasteiger partial charge on any atom is -0.0954 e. The fourth-order valence-electron chi connectivity index (χ4n) is 1.06.